The molecule has 0 spiro atoms. The van der Waals surface area contributed by atoms with Gasteiger partial charge in [0.1, 0.15) is 0 Å². The van der Waals surface area contributed by atoms with E-state index in [9.17, 15) is 0 Å². The predicted octanol–water partition coefficient (Wildman–Crippen LogP) is 5.43. The summed E-state index contributed by atoms with van der Waals surface area (Å²) < 4.78 is 0. The molecule has 0 nitrogen and oxygen atoms in total. The van der Waals surface area contributed by atoms with Crippen LogP contribution < -0.4 is 0 Å². The Balaban J connectivity index is 2.88. The third kappa shape index (κ3) is 14.7. The van der Waals surface area contributed by atoms with Crippen molar-refractivity contribution in [3.05, 3.63) is 0 Å². The Morgan fingerprint density at radius 1 is 0.812 bits per heavy atom. The van der Waals surface area contributed by atoms with Gasteiger partial charge in [-0.15, -0.1) is 0 Å². The van der Waals surface area contributed by atoms with E-state index < -0.39 is 0 Å². The van der Waals surface area contributed by atoms with Gasteiger partial charge in [-0.2, -0.15) is 24.4 Å². The SMILES string of the molecule is CC(C)CCSCCCCCCCCCS. The lowest BCUT2D eigenvalue weighted by Gasteiger charge is -2.04. The molecule has 0 fully saturated rings. The zero-order chi connectivity index (χ0) is 12.1. The van der Waals surface area contributed by atoms with E-state index in [-0.39, 0.29) is 0 Å². The summed E-state index contributed by atoms with van der Waals surface area (Å²) in [6.45, 7) is 4.62. The Morgan fingerprint density at radius 2 is 1.38 bits per heavy atom. The second-order valence-corrected chi connectivity index (χ2v) is 6.67. The van der Waals surface area contributed by atoms with Crippen molar-refractivity contribution in [2.24, 2.45) is 5.92 Å². The van der Waals surface area contributed by atoms with Gasteiger partial charge in [0.25, 0.3) is 0 Å². The van der Waals surface area contributed by atoms with Gasteiger partial charge in [-0.1, -0.05) is 46.0 Å². The lowest BCUT2D eigenvalue weighted by Crippen LogP contribution is -1.91. The molecular formula is C14H30S2. The van der Waals surface area contributed by atoms with Crippen molar-refractivity contribution in [1.29, 1.82) is 0 Å². The fraction of sp³-hybridized carbons (Fsp3) is 1.00. The summed E-state index contributed by atoms with van der Waals surface area (Å²) in [6, 6.07) is 0. The van der Waals surface area contributed by atoms with Crippen LogP contribution in [0.4, 0.5) is 0 Å². The number of hydrogen-bond acceptors (Lipinski definition) is 2. The van der Waals surface area contributed by atoms with Crippen molar-refractivity contribution in [2.75, 3.05) is 17.3 Å². The second-order valence-electron chi connectivity index (χ2n) is 4.99. The van der Waals surface area contributed by atoms with Gasteiger partial charge in [-0.3, -0.25) is 0 Å². The van der Waals surface area contributed by atoms with Crippen LogP contribution in [-0.2, 0) is 0 Å². The topological polar surface area (TPSA) is 0 Å². The highest BCUT2D eigenvalue weighted by molar-refractivity contribution is 7.99. The third-order valence-electron chi connectivity index (χ3n) is 2.79. The Labute approximate surface area is 113 Å². The molecule has 0 saturated heterocycles. The molecule has 2 heteroatoms. The fourth-order valence-electron chi connectivity index (χ4n) is 1.62. The lowest BCUT2D eigenvalue weighted by atomic mass is 10.1. The summed E-state index contributed by atoms with van der Waals surface area (Å²) in [5, 5.41) is 0. The highest BCUT2D eigenvalue weighted by Crippen LogP contribution is 2.13. The van der Waals surface area contributed by atoms with Crippen LogP contribution in [0, 0.1) is 5.92 Å². The molecule has 0 atom stereocenters. The minimum Gasteiger partial charge on any atom is -0.179 e. The molecule has 0 aromatic carbocycles. The maximum absolute atomic E-state index is 4.22. The average molecular weight is 263 g/mol. The van der Waals surface area contributed by atoms with Gasteiger partial charge in [0, 0.05) is 0 Å². The van der Waals surface area contributed by atoms with E-state index in [1.54, 1.807) is 0 Å². The molecule has 0 bridgehead atoms. The van der Waals surface area contributed by atoms with Crippen LogP contribution in [0.2, 0.25) is 0 Å². The van der Waals surface area contributed by atoms with Crippen molar-refractivity contribution in [2.45, 2.75) is 65.2 Å². The van der Waals surface area contributed by atoms with Crippen LogP contribution >= 0.6 is 24.4 Å². The molecule has 0 rings (SSSR count). The van der Waals surface area contributed by atoms with Crippen molar-refractivity contribution in [3.63, 3.8) is 0 Å². The van der Waals surface area contributed by atoms with Crippen molar-refractivity contribution in [1.82, 2.24) is 0 Å². The third-order valence-corrected chi connectivity index (χ3v) is 4.20. The van der Waals surface area contributed by atoms with Gasteiger partial charge < -0.3 is 0 Å². The van der Waals surface area contributed by atoms with E-state index in [4.69, 9.17) is 0 Å². The predicted molar refractivity (Wildman–Crippen MR) is 83.0 cm³/mol. The van der Waals surface area contributed by atoms with E-state index in [0.29, 0.717) is 0 Å². The molecule has 0 N–H and O–H groups in total. The van der Waals surface area contributed by atoms with Crippen LogP contribution in [0.1, 0.15) is 65.2 Å². The summed E-state index contributed by atoms with van der Waals surface area (Å²) >= 11 is 6.37. The Morgan fingerprint density at radius 3 is 1.94 bits per heavy atom. The molecule has 98 valence electrons. The number of unbranched alkanes of at least 4 members (excludes halogenated alkanes) is 6. The number of thiol groups is 1. The molecule has 0 aliphatic heterocycles. The van der Waals surface area contributed by atoms with Crippen LogP contribution in [-0.4, -0.2) is 17.3 Å². The van der Waals surface area contributed by atoms with E-state index in [1.165, 1.54) is 62.9 Å². The molecule has 0 heterocycles. The van der Waals surface area contributed by atoms with Gasteiger partial charge in [0.15, 0.2) is 0 Å². The highest BCUT2D eigenvalue weighted by Gasteiger charge is 1.95. The first-order chi connectivity index (χ1) is 7.77. The quantitative estimate of drug-likeness (QED) is 0.361. The first-order valence-electron chi connectivity index (χ1n) is 6.96. The monoisotopic (exact) mass is 262 g/mol. The first-order valence-corrected chi connectivity index (χ1v) is 8.74. The standard InChI is InChI=1S/C14H30S2/c1-14(2)10-13-16-12-9-7-5-3-4-6-8-11-15/h14-15H,3-13H2,1-2H3. The summed E-state index contributed by atoms with van der Waals surface area (Å²) in [5.74, 6) is 4.68. The van der Waals surface area contributed by atoms with Gasteiger partial charge in [-0.05, 0) is 42.4 Å². The van der Waals surface area contributed by atoms with Crippen molar-refractivity contribution >= 4 is 24.4 Å². The fourth-order valence-corrected chi connectivity index (χ4v) is 3.09. The Hall–Kier alpha value is 0.700. The lowest BCUT2D eigenvalue weighted by molar-refractivity contribution is 0.605. The maximum atomic E-state index is 4.22. The van der Waals surface area contributed by atoms with E-state index in [2.05, 4.69) is 38.2 Å². The average Bonchev–Trinajstić information content (AvgIpc) is 2.25. The number of thioether (sulfide) groups is 1. The molecule has 0 aliphatic carbocycles. The molecule has 16 heavy (non-hydrogen) atoms. The summed E-state index contributed by atoms with van der Waals surface area (Å²) in [7, 11) is 0. The summed E-state index contributed by atoms with van der Waals surface area (Å²) in [4.78, 5) is 0. The molecule has 0 unspecified atom stereocenters. The molecule has 0 aromatic rings. The van der Waals surface area contributed by atoms with Crippen molar-refractivity contribution < 1.29 is 0 Å². The minimum absolute atomic E-state index is 0.874. The normalized spacial score (nSPS) is 11.2. The second kappa shape index (κ2) is 13.8. The van der Waals surface area contributed by atoms with E-state index in [0.717, 1.165) is 11.7 Å². The van der Waals surface area contributed by atoms with Gasteiger partial charge in [0.05, 0.1) is 0 Å². The van der Waals surface area contributed by atoms with Crippen molar-refractivity contribution in [3.8, 4) is 0 Å². The summed E-state index contributed by atoms with van der Waals surface area (Å²) in [5.41, 5.74) is 0. The molecule has 0 amide bonds. The van der Waals surface area contributed by atoms with Crippen LogP contribution in [0.3, 0.4) is 0 Å². The Kier molecular flexibility index (Phi) is 14.4. The van der Waals surface area contributed by atoms with Crippen LogP contribution in [0.5, 0.6) is 0 Å². The maximum Gasteiger partial charge on any atom is -0.00651 e. The minimum atomic E-state index is 0.874. The number of rotatable bonds is 12. The van der Waals surface area contributed by atoms with Crippen LogP contribution in [0.25, 0.3) is 0 Å². The van der Waals surface area contributed by atoms with Gasteiger partial charge in [0.2, 0.25) is 0 Å². The zero-order valence-electron chi connectivity index (χ0n) is 11.2. The smallest absolute Gasteiger partial charge is 0.00651 e. The molecule has 0 saturated carbocycles. The largest absolute Gasteiger partial charge is 0.179 e. The highest BCUT2D eigenvalue weighted by atomic mass is 32.2. The first kappa shape index (κ1) is 16.7. The molecule has 0 aliphatic rings. The molecular weight excluding hydrogens is 232 g/mol. The zero-order valence-corrected chi connectivity index (χ0v) is 12.9. The van der Waals surface area contributed by atoms with E-state index >= 15 is 0 Å². The Bertz CT molecular complexity index is 124. The van der Waals surface area contributed by atoms with Crippen LogP contribution in [0.15, 0.2) is 0 Å². The molecule has 0 aromatic heterocycles. The number of hydrogen-bond donors (Lipinski definition) is 1. The molecule has 0 radical (unpaired) electrons. The van der Waals surface area contributed by atoms with Gasteiger partial charge >= 0.3 is 0 Å². The van der Waals surface area contributed by atoms with E-state index in [1.807, 2.05) is 0 Å². The van der Waals surface area contributed by atoms with Gasteiger partial charge in [-0.25, -0.2) is 0 Å². The summed E-state index contributed by atoms with van der Waals surface area (Å²) in [6.07, 6.45) is 11.2.